The Morgan fingerprint density at radius 3 is 2.72 bits per heavy atom. The standard InChI is InChI=1S/C28H26FN5O2/c1-18(28(35)33(2)3)36-25-9-5-8-23-26(25)27(31-17-30-23)32-22-10-11-24-20(15-22)12-13-34(24)16-19-6-4-7-21(29)14-19/h4-15,17-18H,16H2,1-3H3,(H,30,31,32)/t18-/m1/s1. The summed E-state index contributed by atoms with van der Waals surface area (Å²) >= 11 is 0. The first-order valence-electron chi connectivity index (χ1n) is 11.6. The molecule has 5 aromatic rings. The van der Waals surface area contributed by atoms with Gasteiger partial charge in [-0.15, -0.1) is 0 Å². The number of likely N-dealkylation sites (N-methyl/N-ethyl adjacent to an activating group) is 1. The summed E-state index contributed by atoms with van der Waals surface area (Å²) in [4.78, 5) is 22.7. The zero-order chi connectivity index (χ0) is 25.2. The number of benzene rings is 3. The number of carbonyl (C=O) groups excluding carboxylic acids is 1. The van der Waals surface area contributed by atoms with E-state index in [-0.39, 0.29) is 11.7 Å². The molecule has 0 saturated carbocycles. The fourth-order valence-electron chi connectivity index (χ4n) is 4.26. The van der Waals surface area contributed by atoms with Crippen LogP contribution < -0.4 is 10.1 Å². The molecule has 0 aliphatic rings. The monoisotopic (exact) mass is 483 g/mol. The normalized spacial score (nSPS) is 12.0. The first-order valence-corrected chi connectivity index (χ1v) is 11.6. The number of hydrogen-bond acceptors (Lipinski definition) is 5. The Hall–Kier alpha value is -4.46. The average molecular weight is 484 g/mol. The molecule has 1 atom stereocenters. The number of anilines is 2. The number of rotatable bonds is 7. The van der Waals surface area contributed by atoms with Gasteiger partial charge >= 0.3 is 0 Å². The first kappa shape index (κ1) is 23.3. The van der Waals surface area contributed by atoms with E-state index in [1.165, 1.54) is 17.3 Å². The van der Waals surface area contributed by atoms with E-state index < -0.39 is 6.10 Å². The number of nitrogens with zero attached hydrogens (tertiary/aromatic N) is 4. The SMILES string of the molecule is C[C@@H](Oc1cccc2ncnc(Nc3ccc4c(ccn4Cc4cccc(F)c4)c3)c12)C(=O)N(C)C. The van der Waals surface area contributed by atoms with Gasteiger partial charge in [-0.3, -0.25) is 4.79 Å². The second-order valence-corrected chi connectivity index (χ2v) is 8.84. The van der Waals surface area contributed by atoms with Crippen molar-refractivity contribution in [2.24, 2.45) is 0 Å². The maximum Gasteiger partial charge on any atom is 0.262 e. The van der Waals surface area contributed by atoms with Crippen LogP contribution in [0.15, 0.2) is 79.3 Å². The maximum atomic E-state index is 13.6. The number of fused-ring (bicyclic) bond motifs is 2. The second kappa shape index (κ2) is 9.65. The molecule has 1 N–H and O–H groups in total. The molecule has 0 unspecified atom stereocenters. The summed E-state index contributed by atoms with van der Waals surface area (Å²) in [7, 11) is 3.39. The van der Waals surface area contributed by atoms with Crippen LogP contribution in [-0.4, -0.2) is 45.5 Å². The Balaban J connectivity index is 1.44. The Morgan fingerprint density at radius 1 is 1.08 bits per heavy atom. The molecule has 182 valence electrons. The highest BCUT2D eigenvalue weighted by atomic mass is 19.1. The molecular weight excluding hydrogens is 457 g/mol. The van der Waals surface area contributed by atoms with Gasteiger partial charge in [0.1, 0.15) is 23.7 Å². The van der Waals surface area contributed by atoms with Gasteiger partial charge in [-0.1, -0.05) is 18.2 Å². The van der Waals surface area contributed by atoms with E-state index in [1.807, 2.05) is 54.7 Å². The van der Waals surface area contributed by atoms with Crippen LogP contribution in [-0.2, 0) is 11.3 Å². The van der Waals surface area contributed by atoms with Crippen LogP contribution in [0.2, 0.25) is 0 Å². The Bertz CT molecular complexity index is 1560. The molecule has 0 spiro atoms. The smallest absolute Gasteiger partial charge is 0.262 e. The molecule has 0 aliphatic heterocycles. The minimum absolute atomic E-state index is 0.133. The zero-order valence-corrected chi connectivity index (χ0v) is 20.3. The van der Waals surface area contributed by atoms with Crippen LogP contribution in [0.3, 0.4) is 0 Å². The third kappa shape index (κ3) is 4.70. The fraction of sp³-hybridized carbons (Fsp3) is 0.179. The molecule has 5 rings (SSSR count). The van der Waals surface area contributed by atoms with Crippen LogP contribution in [0.4, 0.5) is 15.9 Å². The molecule has 36 heavy (non-hydrogen) atoms. The van der Waals surface area contributed by atoms with Gasteiger partial charge in [-0.25, -0.2) is 14.4 Å². The van der Waals surface area contributed by atoms with Crippen LogP contribution in [0.25, 0.3) is 21.8 Å². The van der Waals surface area contributed by atoms with Crippen molar-refractivity contribution in [2.75, 3.05) is 19.4 Å². The predicted molar refractivity (Wildman–Crippen MR) is 139 cm³/mol. The van der Waals surface area contributed by atoms with Gasteiger partial charge in [0.2, 0.25) is 0 Å². The highest BCUT2D eigenvalue weighted by molar-refractivity contribution is 5.97. The fourth-order valence-corrected chi connectivity index (χ4v) is 4.26. The van der Waals surface area contributed by atoms with Crippen LogP contribution in [0.1, 0.15) is 12.5 Å². The van der Waals surface area contributed by atoms with Gasteiger partial charge < -0.3 is 19.5 Å². The van der Waals surface area contributed by atoms with Gasteiger partial charge in [0.15, 0.2) is 6.10 Å². The summed E-state index contributed by atoms with van der Waals surface area (Å²) < 4.78 is 21.7. The van der Waals surface area contributed by atoms with Crippen molar-refractivity contribution in [2.45, 2.75) is 19.6 Å². The third-order valence-corrected chi connectivity index (χ3v) is 5.99. The first-order chi connectivity index (χ1) is 17.4. The third-order valence-electron chi connectivity index (χ3n) is 5.99. The van der Waals surface area contributed by atoms with E-state index in [0.29, 0.717) is 29.0 Å². The minimum Gasteiger partial charge on any atom is -0.480 e. The van der Waals surface area contributed by atoms with Crippen molar-refractivity contribution in [3.63, 3.8) is 0 Å². The topological polar surface area (TPSA) is 72.3 Å². The van der Waals surface area contributed by atoms with Crippen molar-refractivity contribution in [1.82, 2.24) is 19.4 Å². The lowest BCUT2D eigenvalue weighted by Crippen LogP contribution is -2.35. The van der Waals surface area contributed by atoms with Crippen LogP contribution >= 0.6 is 0 Å². The predicted octanol–water partition coefficient (Wildman–Crippen LogP) is 5.37. The molecule has 0 aliphatic carbocycles. The van der Waals surface area contributed by atoms with E-state index in [9.17, 15) is 9.18 Å². The summed E-state index contributed by atoms with van der Waals surface area (Å²) in [6, 6.07) is 20.2. The van der Waals surface area contributed by atoms with Crippen molar-refractivity contribution in [3.05, 3.63) is 90.6 Å². The number of carbonyl (C=O) groups is 1. The highest BCUT2D eigenvalue weighted by Gasteiger charge is 2.19. The molecule has 0 fully saturated rings. The summed E-state index contributed by atoms with van der Waals surface area (Å²) in [5, 5.41) is 5.12. The average Bonchev–Trinajstić information content (AvgIpc) is 3.25. The van der Waals surface area contributed by atoms with E-state index >= 15 is 0 Å². The van der Waals surface area contributed by atoms with Crippen LogP contribution in [0.5, 0.6) is 5.75 Å². The quantitative estimate of drug-likeness (QED) is 0.337. The van der Waals surface area contributed by atoms with Gasteiger partial charge in [0.25, 0.3) is 5.91 Å². The maximum absolute atomic E-state index is 13.6. The van der Waals surface area contributed by atoms with E-state index in [1.54, 1.807) is 33.2 Å². The number of amides is 1. The highest BCUT2D eigenvalue weighted by Crippen LogP contribution is 2.33. The molecule has 0 bridgehead atoms. The largest absolute Gasteiger partial charge is 0.480 e. The van der Waals surface area contributed by atoms with Crippen molar-refractivity contribution in [1.29, 1.82) is 0 Å². The summed E-state index contributed by atoms with van der Waals surface area (Å²) in [6.45, 7) is 2.30. The molecule has 7 nitrogen and oxygen atoms in total. The van der Waals surface area contributed by atoms with E-state index in [4.69, 9.17) is 4.74 Å². The number of aromatic nitrogens is 3. The Kier molecular flexibility index (Phi) is 6.25. The van der Waals surface area contributed by atoms with Gasteiger partial charge in [-0.2, -0.15) is 0 Å². The Morgan fingerprint density at radius 2 is 1.92 bits per heavy atom. The number of halogens is 1. The van der Waals surface area contributed by atoms with Gasteiger partial charge in [-0.05, 0) is 61.0 Å². The van der Waals surface area contributed by atoms with Crippen molar-refractivity contribution in [3.8, 4) is 5.75 Å². The van der Waals surface area contributed by atoms with Crippen molar-refractivity contribution >= 4 is 39.2 Å². The lowest BCUT2D eigenvalue weighted by atomic mass is 10.2. The van der Waals surface area contributed by atoms with E-state index in [2.05, 4.69) is 19.9 Å². The van der Waals surface area contributed by atoms with Crippen LogP contribution in [0, 0.1) is 5.82 Å². The molecule has 8 heteroatoms. The second-order valence-electron chi connectivity index (χ2n) is 8.84. The Labute approximate surface area is 208 Å². The summed E-state index contributed by atoms with van der Waals surface area (Å²) in [5.41, 5.74) is 3.49. The van der Waals surface area contributed by atoms with Gasteiger partial charge in [0, 0.05) is 43.4 Å². The number of hydrogen-bond donors (Lipinski definition) is 1. The molecule has 0 saturated heterocycles. The number of nitrogens with one attached hydrogen (secondary N) is 1. The summed E-state index contributed by atoms with van der Waals surface area (Å²) in [6.07, 6.45) is 2.83. The lowest BCUT2D eigenvalue weighted by Gasteiger charge is -2.20. The van der Waals surface area contributed by atoms with E-state index in [0.717, 1.165) is 22.2 Å². The molecule has 2 heterocycles. The van der Waals surface area contributed by atoms with Gasteiger partial charge in [0.05, 0.1) is 10.9 Å². The van der Waals surface area contributed by atoms with Crippen molar-refractivity contribution < 1.29 is 13.9 Å². The summed E-state index contributed by atoms with van der Waals surface area (Å²) in [5.74, 6) is 0.738. The minimum atomic E-state index is -0.659. The molecule has 0 radical (unpaired) electrons. The molecule has 2 aromatic heterocycles. The molecular formula is C28H26FN5O2. The molecule has 3 aromatic carbocycles. The number of ether oxygens (including phenoxy) is 1. The zero-order valence-electron chi connectivity index (χ0n) is 20.3. The lowest BCUT2D eigenvalue weighted by molar-refractivity contribution is -0.135. The molecule has 1 amide bonds.